The van der Waals surface area contributed by atoms with Crippen molar-refractivity contribution in [2.45, 2.75) is 17.7 Å². The molecule has 16 heavy (non-hydrogen) atoms. The second-order valence-corrected chi connectivity index (χ2v) is 4.55. The Balaban J connectivity index is 2.31. The second kappa shape index (κ2) is 4.47. The number of carbonyl (C=O) groups is 2. The van der Waals surface area contributed by atoms with Crippen molar-refractivity contribution < 1.29 is 14.0 Å². The van der Waals surface area contributed by atoms with E-state index >= 15 is 0 Å². The summed E-state index contributed by atoms with van der Waals surface area (Å²) in [5, 5.41) is 0. The van der Waals surface area contributed by atoms with Crippen LogP contribution in [0.15, 0.2) is 16.7 Å². The lowest BCUT2D eigenvalue weighted by Gasteiger charge is -2.18. The fraction of sp³-hybridized carbons (Fsp3) is 0.400. The van der Waals surface area contributed by atoms with Crippen LogP contribution in [0.1, 0.15) is 22.5 Å². The van der Waals surface area contributed by atoms with E-state index in [1.807, 2.05) is 0 Å². The number of fused-ring (bicyclic) bond motifs is 1. The zero-order valence-corrected chi connectivity index (χ0v) is 9.79. The summed E-state index contributed by atoms with van der Waals surface area (Å²) in [5.74, 6) is -0.360. The lowest BCUT2D eigenvalue weighted by atomic mass is 10.2. The van der Waals surface area contributed by atoms with Crippen LogP contribution < -0.4 is 0 Å². The molecule has 1 aliphatic rings. The van der Waals surface area contributed by atoms with E-state index in [9.17, 15) is 9.59 Å². The van der Waals surface area contributed by atoms with Gasteiger partial charge in [0, 0.05) is 13.0 Å². The zero-order chi connectivity index (χ0) is 11.7. The Bertz CT molecular complexity index is 427. The van der Waals surface area contributed by atoms with E-state index in [-0.39, 0.29) is 0 Å². The van der Waals surface area contributed by atoms with Gasteiger partial charge in [0.05, 0.1) is 11.8 Å². The maximum absolute atomic E-state index is 12.0. The molecule has 0 fully saturated rings. The Morgan fingerprint density at radius 3 is 2.94 bits per heavy atom. The third-order valence-electron chi connectivity index (χ3n) is 2.46. The highest BCUT2D eigenvalue weighted by atomic mass is 35.5. The van der Waals surface area contributed by atoms with E-state index < -0.39 is 16.7 Å². The van der Waals surface area contributed by atoms with Crippen LogP contribution in [0.2, 0.25) is 0 Å². The molecule has 1 aliphatic heterocycles. The van der Waals surface area contributed by atoms with Gasteiger partial charge in [-0.15, -0.1) is 0 Å². The van der Waals surface area contributed by atoms with Gasteiger partial charge in [-0.2, -0.15) is 0 Å². The maximum Gasteiger partial charge on any atom is 0.264 e. The first-order valence-corrected chi connectivity index (χ1v) is 5.69. The number of hydrogen-bond acceptors (Lipinski definition) is 3. The minimum absolute atomic E-state index is 0.317. The molecule has 0 radical (unpaired) electrons. The highest BCUT2D eigenvalue weighted by molar-refractivity contribution is 6.54. The number of rotatable bonds is 1. The SMILES string of the molecule is O=C1c2ccoc2CCCN1C(=O)C(Cl)Cl. The van der Waals surface area contributed by atoms with Crippen LogP contribution >= 0.6 is 23.2 Å². The highest BCUT2D eigenvalue weighted by Gasteiger charge is 2.31. The van der Waals surface area contributed by atoms with Crippen molar-refractivity contribution in [2.24, 2.45) is 0 Å². The van der Waals surface area contributed by atoms with Crippen LogP contribution in [0.3, 0.4) is 0 Å². The summed E-state index contributed by atoms with van der Waals surface area (Å²) >= 11 is 11.0. The Morgan fingerprint density at radius 2 is 2.25 bits per heavy atom. The number of aryl methyl sites for hydroxylation is 1. The molecule has 6 heteroatoms. The lowest BCUT2D eigenvalue weighted by molar-refractivity contribution is -0.126. The fourth-order valence-electron chi connectivity index (χ4n) is 1.70. The molecule has 0 bridgehead atoms. The third-order valence-corrected chi connectivity index (χ3v) is 2.83. The molecule has 0 aliphatic carbocycles. The third kappa shape index (κ3) is 1.95. The quantitative estimate of drug-likeness (QED) is 0.727. The van der Waals surface area contributed by atoms with Crippen molar-refractivity contribution in [3.8, 4) is 0 Å². The van der Waals surface area contributed by atoms with Crippen molar-refractivity contribution in [1.82, 2.24) is 4.90 Å². The number of alkyl halides is 2. The molecular formula is C10H9Cl2NO3. The number of furan rings is 1. The van der Waals surface area contributed by atoms with E-state index in [4.69, 9.17) is 27.6 Å². The van der Waals surface area contributed by atoms with Crippen LogP contribution in [-0.2, 0) is 11.2 Å². The topological polar surface area (TPSA) is 50.5 Å². The molecule has 2 heterocycles. The van der Waals surface area contributed by atoms with E-state index in [0.29, 0.717) is 30.7 Å². The van der Waals surface area contributed by atoms with Gasteiger partial charge >= 0.3 is 0 Å². The molecule has 86 valence electrons. The maximum atomic E-state index is 12.0. The van der Waals surface area contributed by atoms with E-state index in [0.717, 1.165) is 4.90 Å². The van der Waals surface area contributed by atoms with Crippen molar-refractivity contribution in [3.05, 3.63) is 23.7 Å². The molecule has 0 saturated carbocycles. The summed E-state index contributed by atoms with van der Waals surface area (Å²) in [6.45, 7) is 0.317. The zero-order valence-electron chi connectivity index (χ0n) is 8.28. The van der Waals surface area contributed by atoms with Gasteiger partial charge in [0.2, 0.25) is 0 Å². The number of hydrogen-bond donors (Lipinski definition) is 0. The molecule has 0 atom stereocenters. The predicted octanol–water partition coefficient (Wildman–Crippen LogP) is 2.00. The van der Waals surface area contributed by atoms with Gasteiger partial charge in [-0.3, -0.25) is 14.5 Å². The molecule has 1 aromatic rings. The van der Waals surface area contributed by atoms with Crippen LogP contribution in [0.5, 0.6) is 0 Å². The van der Waals surface area contributed by atoms with E-state index in [1.54, 1.807) is 6.07 Å². The number of halogens is 2. The molecule has 2 amide bonds. The molecular weight excluding hydrogens is 253 g/mol. The number of imide groups is 1. The molecule has 0 aromatic carbocycles. The molecule has 0 N–H and O–H groups in total. The first-order chi connectivity index (χ1) is 7.61. The van der Waals surface area contributed by atoms with Crippen molar-refractivity contribution in [3.63, 3.8) is 0 Å². The minimum Gasteiger partial charge on any atom is -0.469 e. The van der Waals surface area contributed by atoms with E-state index in [2.05, 4.69) is 0 Å². The van der Waals surface area contributed by atoms with Crippen LogP contribution in [0, 0.1) is 0 Å². The lowest BCUT2D eigenvalue weighted by Crippen LogP contribution is -2.39. The van der Waals surface area contributed by atoms with Gasteiger partial charge < -0.3 is 4.42 Å². The van der Waals surface area contributed by atoms with Gasteiger partial charge in [-0.25, -0.2) is 0 Å². The number of carbonyl (C=O) groups excluding carboxylic acids is 2. The normalized spacial score (nSPS) is 16.2. The first kappa shape index (κ1) is 11.5. The number of amides is 2. The minimum atomic E-state index is -1.21. The van der Waals surface area contributed by atoms with Crippen molar-refractivity contribution in [1.29, 1.82) is 0 Å². The highest BCUT2D eigenvalue weighted by Crippen LogP contribution is 2.21. The van der Waals surface area contributed by atoms with Crippen LogP contribution in [-0.4, -0.2) is 28.1 Å². The summed E-state index contributed by atoms with van der Waals surface area (Å²) in [6, 6.07) is 1.56. The van der Waals surface area contributed by atoms with Gasteiger partial charge in [-0.1, -0.05) is 23.2 Å². The molecule has 0 unspecified atom stereocenters. The second-order valence-electron chi connectivity index (χ2n) is 3.46. The Morgan fingerprint density at radius 1 is 1.50 bits per heavy atom. The van der Waals surface area contributed by atoms with Crippen LogP contribution in [0.4, 0.5) is 0 Å². The van der Waals surface area contributed by atoms with E-state index in [1.165, 1.54) is 6.26 Å². The van der Waals surface area contributed by atoms with Crippen LogP contribution in [0.25, 0.3) is 0 Å². The summed E-state index contributed by atoms with van der Waals surface area (Å²) in [4.78, 5) is 23.4. The van der Waals surface area contributed by atoms with Gasteiger partial charge in [0.25, 0.3) is 11.8 Å². The standard InChI is InChI=1S/C10H9Cl2NO3/c11-8(12)10(15)13-4-1-2-7-6(9(13)14)3-5-16-7/h3,5,8H,1-2,4H2. The smallest absolute Gasteiger partial charge is 0.264 e. The predicted molar refractivity (Wildman–Crippen MR) is 58.6 cm³/mol. The molecule has 0 spiro atoms. The van der Waals surface area contributed by atoms with Gasteiger partial charge in [-0.05, 0) is 12.5 Å². The molecule has 1 aromatic heterocycles. The summed E-state index contributed by atoms with van der Waals surface area (Å²) in [5.41, 5.74) is 0.417. The largest absolute Gasteiger partial charge is 0.469 e. The average Bonchev–Trinajstić information content (AvgIpc) is 2.65. The average molecular weight is 262 g/mol. The Hall–Kier alpha value is -1.00. The monoisotopic (exact) mass is 261 g/mol. The van der Waals surface area contributed by atoms with Gasteiger partial charge in [0.15, 0.2) is 4.84 Å². The first-order valence-electron chi connectivity index (χ1n) is 4.81. The van der Waals surface area contributed by atoms with Crippen molar-refractivity contribution in [2.75, 3.05) is 6.54 Å². The van der Waals surface area contributed by atoms with Gasteiger partial charge in [0.1, 0.15) is 5.76 Å². The summed E-state index contributed by atoms with van der Waals surface area (Å²) in [7, 11) is 0. The molecule has 2 rings (SSSR count). The molecule has 4 nitrogen and oxygen atoms in total. The fourth-order valence-corrected chi connectivity index (χ4v) is 1.93. The summed E-state index contributed by atoms with van der Waals surface area (Å²) in [6.07, 6.45) is 2.72. The Kier molecular flexibility index (Phi) is 3.21. The number of nitrogens with zero attached hydrogens (tertiary/aromatic N) is 1. The molecule has 0 saturated heterocycles. The Labute approximate surface area is 102 Å². The van der Waals surface area contributed by atoms with Crippen molar-refractivity contribution >= 4 is 35.0 Å². The summed E-state index contributed by atoms with van der Waals surface area (Å²) < 4.78 is 5.17.